The number of allylic oxidation sites excluding steroid dienone is 1. The molecule has 2 aromatic rings. The third kappa shape index (κ3) is 4.14. The number of nitrogens with one attached hydrogen (secondary N) is 2. The molecule has 4 rings (SSSR count). The zero-order valence-corrected chi connectivity index (χ0v) is 18.3. The Morgan fingerprint density at radius 3 is 2.38 bits per heavy atom. The fraction of sp³-hybridized carbons (Fsp3) is 0.409. The molecule has 166 valence electrons. The molecule has 32 heavy (non-hydrogen) atoms. The number of aromatic amines is 1. The fourth-order valence-corrected chi connectivity index (χ4v) is 4.15. The standard InChI is InChI=1S/C22H26N8O2/c1-28-16-8-4-5-9-17(16)29(2)20(28)15(14-23)18(31)10-11-19(32)24-21-25-22(27-26-21)30-12-6-3-7-13-30/h4-5,8-9H,3,6-7,10-13H2,1-2H3,(H2,24,25,26,27,32). The molecule has 2 aliphatic rings. The van der Waals surface area contributed by atoms with E-state index in [9.17, 15) is 14.9 Å². The number of carbonyl (C=O) groups is 2. The number of piperidine rings is 1. The lowest BCUT2D eigenvalue weighted by Crippen LogP contribution is -2.30. The van der Waals surface area contributed by atoms with Crippen molar-refractivity contribution in [1.29, 1.82) is 5.26 Å². The summed E-state index contributed by atoms with van der Waals surface area (Å²) in [5, 5.41) is 19.2. The average Bonchev–Trinajstić information content (AvgIpc) is 3.38. The van der Waals surface area contributed by atoms with Crippen LogP contribution in [-0.2, 0) is 9.59 Å². The summed E-state index contributed by atoms with van der Waals surface area (Å²) in [5.41, 5.74) is 1.86. The molecule has 1 aromatic heterocycles. The van der Waals surface area contributed by atoms with Crippen molar-refractivity contribution in [2.24, 2.45) is 0 Å². The molecule has 0 aliphatic carbocycles. The number of para-hydroxylation sites is 2. The highest BCUT2D eigenvalue weighted by molar-refractivity contribution is 6.04. The van der Waals surface area contributed by atoms with Crippen molar-refractivity contribution in [1.82, 2.24) is 15.2 Å². The van der Waals surface area contributed by atoms with Crippen LogP contribution in [0.1, 0.15) is 32.1 Å². The second kappa shape index (κ2) is 9.09. The zero-order valence-electron chi connectivity index (χ0n) is 18.3. The predicted octanol–water partition coefficient (Wildman–Crippen LogP) is 2.40. The number of nitriles is 1. The van der Waals surface area contributed by atoms with Gasteiger partial charge in [0.2, 0.25) is 17.8 Å². The molecule has 0 atom stereocenters. The van der Waals surface area contributed by atoms with Crippen LogP contribution in [0, 0.1) is 11.3 Å². The molecule has 0 unspecified atom stereocenters. The number of ketones is 1. The van der Waals surface area contributed by atoms with E-state index in [1.807, 2.05) is 54.2 Å². The van der Waals surface area contributed by atoms with Crippen LogP contribution in [0.25, 0.3) is 0 Å². The number of Topliss-reactive ketones (excluding diaryl/α,β-unsaturated/α-hetero) is 1. The van der Waals surface area contributed by atoms with Gasteiger partial charge in [0.25, 0.3) is 0 Å². The summed E-state index contributed by atoms with van der Waals surface area (Å²) >= 11 is 0. The van der Waals surface area contributed by atoms with Crippen LogP contribution in [0.4, 0.5) is 23.3 Å². The Hall–Kier alpha value is -3.87. The van der Waals surface area contributed by atoms with Crippen molar-refractivity contribution < 1.29 is 9.59 Å². The van der Waals surface area contributed by atoms with Crippen LogP contribution >= 0.6 is 0 Å². The monoisotopic (exact) mass is 434 g/mol. The minimum atomic E-state index is -0.379. The van der Waals surface area contributed by atoms with Crippen LogP contribution < -0.4 is 20.0 Å². The molecular formula is C22H26N8O2. The summed E-state index contributed by atoms with van der Waals surface area (Å²) < 4.78 is 0. The van der Waals surface area contributed by atoms with Gasteiger partial charge in [-0.05, 0) is 31.4 Å². The van der Waals surface area contributed by atoms with Gasteiger partial charge in [-0.1, -0.05) is 12.1 Å². The molecule has 1 fully saturated rings. The van der Waals surface area contributed by atoms with Crippen LogP contribution in [-0.4, -0.2) is 54.1 Å². The molecule has 3 heterocycles. The third-order valence-electron chi connectivity index (χ3n) is 5.80. The number of benzene rings is 1. The van der Waals surface area contributed by atoms with Crippen molar-refractivity contribution in [2.45, 2.75) is 32.1 Å². The Kier molecular flexibility index (Phi) is 6.07. The SMILES string of the molecule is CN1C(=C(C#N)C(=O)CCC(=O)Nc2nc(N3CCCCC3)n[nH]2)N(C)c2ccccc21. The average molecular weight is 435 g/mol. The molecule has 0 bridgehead atoms. The van der Waals surface area contributed by atoms with Gasteiger partial charge in [-0.15, -0.1) is 5.10 Å². The van der Waals surface area contributed by atoms with E-state index in [4.69, 9.17) is 0 Å². The smallest absolute Gasteiger partial charge is 0.246 e. The first-order chi connectivity index (χ1) is 15.5. The Morgan fingerprint density at radius 2 is 1.75 bits per heavy atom. The number of carbonyl (C=O) groups excluding carboxylic acids is 2. The molecule has 10 nitrogen and oxygen atoms in total. The molecule has 0 spiro atoms. The maximum atomic E-state index is 12.8. The van der Waals surface area contributed by atoms with Crippen molar-refractivity contribution >= 4 is 35.0 Å². The summed E-state index contributed by atoms with van der Waals surface area (Å²) in [5.74, 6) is 0.599. The fourth-order valence-electron chi connectivity index (χ4n) is 4.15. The number of anilines is 4. The van der Waals surface area contributed by atoms with E-state index < -0.39 is 0 Å². The van der Waals surface area contributed by atoms with Crippen LogP contribution in [0.2, 0.25) is 0 Å². The predicted molar refractivity (Wildman–Crippen MR) is 121 cm³/mol. The summed E-state index contributed by atoms with van der Waals surface area (Å²) in [6.45, 7) is 1.80. The first kappa shape index (κ1) is 21.4. The van der Waals surface area contributed by atoms with Gasteiger partial charge < -0.3 is 14.7 Å². The van der Waals surface area contributed by atoms with Crippen LogP contribution in [0.5, 0.6) is 0 Å². The molecule has 1 saturated heterocycles. The molecule has 2 N–H and O–H groups in total. The number of nitrogens with zero attached hydrogens (tertiary/aromatic N) is 6. The third-order valence-corrected chi connectivity index (χ3v) is 5.80. The minimum Gasteiger partial charge on any atom is -0.340 e. The number of amides is 1. The van der Waals surface area contributed by atoms with Gasteiger partial charge in [-0.2, -0.15) is 10.2 Å². The Morgan fingerprint density at radius 1 is 1.09 bits per heavy atom. The number of fused-ring (bicyclic) bond motifs is 1. The number of rotatable bonds is 6. The topological polar surface area (TPSA) is 121 Å². The maximum absolute atomic E-state index is 12.8. The van der Waals surface area contributed by atoms with E-state index >= 15 is 0 Å². The zero-order chi connectivity index (χ0) is 22.7. The number of hydrogen-bond acceptors (Lipinski definition) is 8. The molecule has 0 saturated carbocycles. The van der Waals surface area contributed by atoms with E-state index in [1.54, 1.807) is 0 Å². The van der Waals surface area contributed by atoms with Gasteiger partial charge >= 0.3 is 0 Å². The lowest BCUT2D eigenvalue weighted by Gasteiger charge is -2.24. The highest BCUT2D eigenvalue weighted by Gasteiger charge is 2.31. The highest BCUT2D eigenvalue weighted by atomic mass is 16.2. The summed E-state index contributed by atoms with van der Waals surface area (Å²) in [7, 11) is 3.64. The van der Waals surface area contributed by atoms with E-state index in [0.717, 1.165) is 37.3 Å². The largest absolute Gasteiger partial charge is 0.340 e. The van der Waals surface area contributed by atoms with Crippen molar-refractivity contribution in [3.05, 3.63) is 35.7 Å². The maximum Gasteiger partial charge on any atom is 0.246 e. The van der Waals surface area contributed by atoms with Crippen molar-refractivity contribution in [3.63, 3.8) is 0 Å². The first-order valence-electron chi connectivity index (χ1n) is 10.7. The van der Waals surface area contributed by atoms with Crippen LogP contribution in [0.15, 0.2) is 35.7 Å². The summed E-state index contributed by atoms with van der Waals surface area (Å²) in [4.78, 5) is 35.2. The van der Waals surface area contributed by atoms with E-state index in [-0.39, 0.29) is 36.1 Å². The number of hydrogen-bond donors (Lipinski definition) is 2. The molecule has 1 aromatic carbocycles. The first-order valence-corrected chi connectivity index (χ1v) is 10.7. The van der Waals surface area contributed by atoms with Crippen molar-refractivity contribution in [2.75, 3.05) is 47.2 Å². The molecule has 10 heteroatoms. The Bertz CT molecular complexity index is 1060. The van der Waals surface area contributed by atoms with Gasteiger partial charge in [0, 0.05) is 40.0 Å². The molecule has 0 radical (unpaired) electrons. The number of aromatic nitrogens is 3. The number of H-pyrrole nitrogens is 1. The van der Waals surface area contributed by atoms with E-state index in [2.05, 4.69) is 25.4 Å². The second-order valence-corrected chi connectivity index (χ2v) is 7.92. The van der Waals surface area contributed by atoms with Gasteiger partial charge in [-0.25, -0.2) is 5.10 Å². The van der Waals surface area contributed by atoms with Gasteiger partial charge in [0.05, 0.1) is 11.4 Å². The van der Waals surface area contributed by atoms with Gasteiger partial charge in [0.1, 0.15) is 17.5 Å². The lowest BCUT2D eigenvalue weighted by molar-refractivity contribution is -0.120. The Balaban J connectivity index is 1.38. The quantitative estimate of drug-likeness (QED) is 0.525. The van der Waals surface area contributed by atoms with Gasteiger partial charge in [-0.3, -0.25) is 14.9 Å². The molecule has 1 amide bonds. The van der Waals surface area contributed by atoms with Gasteiger partial charge in [0.15, 0.2) is 5.78 Å². The highest BCUT2D eigenvalue weighted by Crippen LogP contribution is 2.40. The minimum absolute atomic E-state index is 0.0334. The van der Waals surface area contributed by atoms with E-state index in [0.29, 0.717) is 11.8 Å². The molecular weight excluding hydrogens is 408 g/mol. The second-order valence-electron chi connectivity index (χ2n) is 7.92. The lowest BCUT2D eigenvalue weighted by atomic mass is 10.1. The summed E-state index contributed by atoms with van der Waals surface area (Å²) in [6, 6.07) is 9.71. The summed E-state index contributed by atoms with van der Waals surface area (Å²) in [6.07, 6.45) is 3.27. The van der Waals surface area contributed by atoms with E-state index in [1.165, 1.54) is 6.42 Å². The Labute approximate surface area is 186 Å². The van der Waals surface area contributed by atoms with Crippen molar-refractivity contribution in [3.8, 4) is 6.07 Å². The van der Waals surface area contributed by atoms with Crippen LogP contribution in [0.3, 0.4) is 0 Å². The normalized spacial score (nSPS) is 15.4. The molecule has 2 aliphatic heterocycles.